The summed E-state index contributed by atoms with van der Waals surface area (Å²) in [6.45, 7) is 4.14. The highest BCUT2D eigenvalue weighted by atomic mass is 19.1. The molecule has 0 radical (unpaired) electrons. The number of alkyl halides is 1. The number of rotatable bonds is 5. The highest BCUT2D eigenvalue weighted by Crippen LogP contribution is 2.23. The topological polar surface area (TPSA) is 92.2 Å². The number of nitrogens with one attached hydrogen (secondary N) is 2. The molecule has 2 N–H and O–H groups in total. The molecule has 1 aromatic rings. The zero-order chi connectivity index (χ0) is 18.7. The number of likely N-dealkylation sites (tertiary alicyclic amines) is 1. The maximum atomic E-state index is 13.9. The summed E-state index contributed by atoms with van der Waals surface area (Å²) < 4.78 is 15.5. The molecular weight excluding hydrogens is 339 g/mol. The van der Waals surface area contributed by atoms with Crippen molar-refractivity contribution in [2.45, 2.75) is 76.8 Å². The zero-order valence-corrected chi connectivity index (χ0v) is 15.3. The van der Waals surface area contributed by atoms with Crippen molar-refractivity contribution in [3.05, 3.63) is 11.9 Å². The third-order valence-electron chi connectivity index (χ3n) is 4.90. The van der Waals surface area contributed by atoms with E-state index in [0.717, 1.165) is 25.7 Å². The van der Waals surface area contributed by atoms with Crippen LogP contribution in [0.5, 0.6) is 0 Å². The Morgan fingerprint density at radius 1 is 1.35 bits per heavy atom. The first-order valence-corrected chi connectivity index (χ1v) is 9.34. The number of urea groups is 1. The van der Waals surface area contributed by atoms with Gasteiger partial charge in [0.1, 0.15) is 6.17 Å². The molecule has 0 bridgehead atoms. The van der Waals surface area contributed by atoms with Gasteiger partial charge in [0.2, 0.25) is 0 Å². The molecule has 2 unspecified atom stereocenters. The van der Waals surface area contributed by atoms with Gasteiger partial charge in [-0.2, -0.15) is 0 Å². The molecule has 3 amide bonds. The molecule has 8 nitrogen and oxygen atoms in total. The number of carbonyl (C=O) groups is 2. The molecule has 9 heteroatoms. The number of hydrogen-bond donors (Lipinski definition) is 2. The van der Waals surface area contributed by atoms with E-state index >= 15 is 0 Å². The molecule has 2 aliphatic rings. The first-order chi connectivity index (χ1) is 12.4. The summed E-state index contributed by atoms with van der Waals surface area (Å²) in [5.74, 6) is -0.295. The maximum absolute atomic E-state index is 13.9. The van der Waals surface area contributed by atoms with E-state index in [2.05, 4.69) is 20.9 Å². The Labute approximate surface area is 152 Å². The van der Waals surface area contributed by atoms with E-state index in [-0.39, 0.29) is 48.7 Å². The summed E-state index contributed by atoms with van der Waals surface area (Å²) in [5, 5.41) is 13.6. The Morgan fingerprint density at radius 3 is 2.77 bits per heavy atom. The third kappa shape index (κ3) is 4.50. The molecule has 2 atom stereocenters. The molecule has 144 valence electrons. The monoisotopic (exact) mass is 366 g/mol. The standard InChI is InChI=1S/C17H27FN6O2/c1-11(2)19-16(25)15-10-23(22-21-15)9-14-7-12(18)8-24(14)17(26)20-13-5-3-4-6-13/h10-14H,3-9H2,1-2H3,(H,19,25)(H,20,26). The lowest BCUT2D eigenvalue weighted by molar-refractivity contribution is 0.0938. The molecule has 1 saturated carbocycles. The van der Waals surface area contributed by atoms with E-state index in [1.807, 2.05) is 13.8 Å². The molecule has 2 fully saturated rings. The van der Waals surface area contributed by atoms with Gasteiger partial charge in [0.05, 0.1) is 25.3 Å². The van der Waals surface area contributed by atoms with E-state index in [9.17, 15) is 14.0 Å². The largest absolute Gasteiger partial charge is 0.348 e. The van der Waals surface area contributed by atoms with Gasteiger partial charge < -0.3 is 15.5 Å². The quantitative estimate of drug-likeness (QED) is 0.826. The second kappa shape index (κ2) is 8.01. The van der Waals surface area contributed by atoms with Gasteiger partial charge in [0, 0.05) is 18.5 Å². The van der Waals surface area contributed by atoms with Gasteiger partial charge >= 0.3 is 6.03 Å². The molecule has 26 heavy (non-hydrogen) atoms. The van der Waals surface area contributed by atoms with Crippen LogP contribution in [0.3, 0.4) is 0 Å². The summed E-state index contributed by atoms with van der Waals surface area (Å²) in [6, 6.07) is -0.307. The minimum Gasteiger partial charge on any atom is -0.348 e. The summed E-state index contributed by atoms with van der Waals surface area (Å²) in [7, 11) is 0. The smallest absolute Gasteiger partial charge is 0.318 e. The summed E-state index contributed by atoms with van der Waals surface area (Å²) in [4.78, 5) is 26.0. The maximum Gasteiger partial charge on any atom is 0.318 e. The van der Waals surface area contributed by atoms with Crippen molar-refractivity contribution in [1.82, 2.24) is 30.5 Å². The molecule has 1 aromatic heterocycles. The molecule has 0 spiro atoms. The fourth-order valence-corrected chi connectivity index (χ4v) is 3.65. The average molecular weight is 366 g/mol. The van der Waals surface area contributed by atoms with Crippen LogP contribution in [0.15, 0.2) is 6.20 Å². The Morgan fingerprint density at radius 2 is 2.08 bits per heavy atom. The van der Waals surface area contributed by atoms with E-state index < -0.39 is 6.17 Å². The summed E-state index contributed by atoms with van der Waals surface area (Å²) >= 11 is 0. The van der Waals surface area contributed by atoms with Crippen LogP contribution >= 0.6 is 0 Å². The van der Waals surface area contributed by atoms with Crippen LogP contribution in [-0.2, 0) is 6.54 Å². The summed E-state index contributed by atoms with van der Waals surface area (Å²) in [5.41, 5.74) is 0.218. The Bertz CT molecular complexity index is 643. The van der Waals surface area contributed by atoms with Gasteiger partial charge in [-0.05, 0) is 26.7 Å². The number of aromatic nitrogens is 3. The molecule has 1 aliphatic carbocycles. The van der Waals surface area contributed by atoms with Crippen molar-refractivity contribution in [3.8, 4) is 0 Å². The van der Waals surface area contributed by atoms with Crippen LogP contribution in [0.1, 0.15) is 56.4 Å². The van der Waals surface area contributed by atoms with E-state index in [1.165, 1.54) is 10.9 Å². The number of hydrogen-bond acceptors (Lipinski definition) is 4. The van der Waals surface area contributed by atoms with Gasteiger partial charge in [-0.25, -0.2) is 13.9 Å². The highest BCUT2D eigenvalue weighted by Gasteiger charge is 2.36. The lowest BCUT2D eigenvalue weighted by Crippen LogP contribution is -2.47. The Hall–Kier alpha value is -2.19. The van der Waals surface area contributed by atoms with Gasteiger partial charge in [-0.15, -0.1) is 5.10 Å². The van der Waals surface area contributed by atoms with Crippen LogP contribution in [-0.4, -0.2) is 62.7 Å². The average Bonchev–Trinajstić information content (AvgIpc) is 3.28. The van der Waals surface area contributed by atoms with Crippen LogP contribution in [0.4, 0.5) is 9.18 Å². The van der Waals surface area contributed by atoms with Gasteiger partial charge in [-0.3, -0.25) is 4.79 Å². The number of amides is 3. The number of nitrogens with zero attached hydrogens (tertiary/aromatic N) is 4. The predicted octanol–water partition coefficient (Wildman–Crippen LogP) is 1.48. The van der Waals surface area contributed by atoms with Crippen LogP contribution in [0, 0.1) is 0 Å². The van der Waals surface area contributed by atoms with E-state index in [0.29, 0.717) is 6.54 Å². The lowest BCUT2D eigenvalue weighted by Gasteiger charge is -2.26. The fraction of sp³-hybridized carbons (Fsp3) is 0.765. The molecule has 1 saturated heterocycles. The highest BCUT2D eigenvalue weighted by molar-refractivity contribution is 5.91. The molecule has 2 heterocycles. The van der Waals surface area contributed by atoms with Crippen LogP contribution < -0.4 is 10.6 Å². The second-order valence-corrected chi connectivity index (χ2v) is 7.52. The molecular formula is C17H27FN6O2. The van der Waals surface area contributed by atoms with E-state index in [4.69, 9.17) is 0 Å². The first-order valence-electron chi connectivity index (χ1n) is 9.34. The van der Waals surface area contributed by atoms with Gasteiger partial charge in [0.15, 0.2) is 5.69 Å². The number of halogens is 1. The number of carbonyl (C=O) groups excluding carboxylic acids is 2. The molecule has 3 rings (SSSR count). The fourth-order valence-electron chi connectivity index (χ4n) is 3.65. The minimum absolute atomic E-state index is 0.00422. The predicted molar refractivity (Wildman–Crippen MR) is 93.4 cm³/mol. The van der Waals surface area contributed by atoms with Gasteiger partial charge in [-0.1, -0.05) is 18.1 Å². The van der Waals surface area contributed by atoms with Crippen LogP contribution in [0.25, 0.3) is 0 Å². The lowest BCUT2D eigenvalue weighted by atomic mass is 10.2. The van der Waals surface area contributed by atoms with Crippen LogP contribution in [0.2, 0.25) is 0 Å². The van der Waals surface area contributed by atoms with Crippen molar-refractivity contribution >= 4 is 11.9 Å². The minimum atomic E-state index is -1.04. The SMILES string of the molecule is CC(C)NC(=O)c1cn(CC2CC(F)CN2C(=O)NC2CCCC2)nn1. The molecule has 0 aromatic carbocycles. The normalized spacial score (nSPS) is 23.6. The third-order valence-corrected chi connectivity index (χ3v) is 4.90. The van der Waals surface area contributed by atoms with E-state index in [1.54, 1.807) is 4.90 Å². The Kier molecular flexibility index (Phi) is 5.73. The molecule has 1 aliphatic heterocycles. The van der Waals surface area contributed by atoms with Crippen molar-refractivity contribution in [3.63, 3.8) is 0 Å². The van der Waals surface area contributed by atoms with Crippen molar-refractivity contribution in [2.24, 2.45) is 0 Å². The first kappa shape index (κ1) is 18.6. The van der Waals surface area contributed by atoms with Crippen molar-refractivity contribution in [1.29, 1.82) is 0 Å². The van der Waals surface area contributed by atoms with Gasteiger partial charge in [0.25, 0.3) is 5.91 Å². The van der Waals surface area contributed by atoms with Crippen molar-refractivity contribution < 1.29 is 14.0 Å². The van der Waals surface area contributed by atoms with Crippen molar-refractivity contribution in [2.75, 3.05) is 6.54 Å². The second-order valence-electron chi connectivity index (χ2n) is 7.52. The zero-order valence-electron chi connectivity index (χ0n) is 15.3. The Balaban J connectivity index is 1.61. The summed E-state index contributed by atoms with van der Waals surface area (Å²) in [6.07, 6.45) is 4.99.